The van der Waals surface area contributed by atoms with Gasteiger partial charge in [0, 0.05) is 22.5 Å². The lowest BCUT2D eigenvalue weighted by molar-refractivity contribution is 0.0955. The fourth-order valence-electron chi connectivity index (χ4n) is 4.36. The van der Waals surface area contributed by atoms with E-state index in [2.05, 4.69) is 10.5 Å². The molecule has 0 saturated carbocycles. The van der Waals surface area contributed by atoms with Crippen LogP contribution in [0, 0.1) is 33.5 Å². The zero-order valence-electron chi connectivity index (χ0n) is 22.6. The number of para-hydroxylation sites is 1. The van der Waals surface area contributed by atoms with Crippen molar-refractivity contribution in [1.29, 1.82) is 0 Å². The Kier molecular flexibility index (Phi) is 8.01. The van der Waals surface area contributed by atoms with Crippen molar-refractivity contribution in [3.05, 3.63) is 118 Å². The number of benzene rings is 3. The molecule has 0 aliphatic carbocycles. The maximum Gasteiger partial charge on any atom is 0.271 e. The van der Waals surface area contributed by atoms with Crippen molar-refractivity contribution in [1.82, 2.24) is 9.99 Å². The van der Waals surface area contributed by atoms with E-state index >= 15 is 0 Å². The highest BCUT2D eigenvalue weighted by atomic mass is 32.2. The quantitative estimate of drug-likeness (QED) is 0.231. The summed E-state index contributed by atoms with van der Waals surface area (Å²) in [4.78, 5) is 12.7. The Bertz CT molecular complexity index is 1660. The Labute approximate surface area is 228 Å². The van der Waals surface area contributed by atoms with Crippen LogP contribution in [0.1, 0.15) is 44.0 Å². The first-order valence-corrected chi connectivity index (χ1v) is 14.2. The molecule has 1 N–H and O–H groups in total. The van der Waals surface area contributed by atoms with Crippen LogP contribution in [0.15, 0.2) is 77.9 Å². The summed E-state index contributed by atoms with van der Waals surface area (Å²) >= 11 is 0. The Morgan fingerprint density at radius 2 is 1.67 bits per heavy atom. The molecule has 202 valence electrons. The van der Waals surface area contributed by atoms with Gasteiger partial charge in [0.2, 0.25) is 10.0 Å². The van der Waals surface area contributed by atoms with Gasteiger partial charge >= 0.3 is 0 Å². The van der Waals surface area contributed by atoms with E-state index in [0.29, 0.717) is 16.9 Å². The molecule has 0 aliphatic rings. The van der Waals surface area contributed by atoms with Crippen molar-refractivity contribution < 1.29 is 17.6 Å². The molecule has 0 spiro atoms. The van der Waals surface area contributed by atoms with Crippen LogP contribution in [0.4, 0.5) is 10.1 Å². The van der Waals surface area contributed by atoms with Crippen molar-refractivity contribution in [3.8, 4) is 5.69 Å². The van der Waals surface area contributed by atoms with Gasteiger partial charge in [-0.1, -0.05) is 30.3 Å². The van der Waals surface area contributed by atoms with Crippen LogP contribution in [0.2, 0.25) is 0 Å². The molecule has 1 heterocycles. The molecule has 7 nitrogen and oxygen atoms in total. The lowest BCUT2D eigenvalue weighted by Crippen LogP contribution is -2.29. The predicted molar refractivity (Wildman–Crippen MR) is 154 cm³/mol. The summed E-state index contributed by atoms with van der Waals surface area (Å²) in [6.07, 6.45) is 2.70. The molecule has 4 rings (SSSR count). The minimum Gasteiger partial charge on any atom is -0.315 e. The highest BCUT2D eigenvalue weighted by Gasteiger charge is 2.19. The van der Waals surface area contributed by atoms with Crippen LogP contribution in [0.5, 0.6) is 0 Å². The SMILES string of the molecule is Cc1ccc(N(Cc2ccc(C(=O)N/N=C\c3cc(C)n(-c4ccccc4F)c3C)cc2)S(C)(=O)=O)cc1C. The average Bonchev–Trinajstić information content (AvgIpc) is 3.16. The van der Waals surface area contributed by atoms with Crippen LogP contribution < -0.4 is 9.73 Å². The number of amides is 1. The van der Waals surface area contributed by atoms with Crippen LogP contribution in [-0.4, -0.2) is 31.4 Å². The summed E-state index contributed by atoms with van der Waals surface area (Å²) < 4.78 is 42.5. The van der Waals surface area contributed by atoms with E-state index in [1.165, 1.54) is 22.8 Å². The van der Waals surface area contributed by atoms with E-state index in [0.717, 1.165) is 33.6 Å². The number of hydrogen-bond donors (Lipinski definition) is 1. The number of rotatable bonds is 8. The molecule has 4 aromatic rings. The molecule has 0 fully saturated rings. The minimum atomic E-state index is -3.52. The smallest absolute Gasteiger partial charge is 0.271 e. The van der Waals surface area contributed by atoms with Gasteiger partial charge in [-0.15, -0.1) is 0 Å². The highest BCUT2D eigenvalue weighted by molar-refractivity contribution is 7.92. The van der Waals surface area contributed by atoms with Gasteiger partial charge in [0.25, 0.3) is 5.91 Å². The van der Waals surface area contributed by atoms with Gasteiger partial charge in [-0.25, -0.2) is 18.2 Å². The van der Waals surface area contributed by atoms with Gasteiger partial charge < -0.3 is 4.57 Å². The van der Waals surface area contributed by atoms with Gasteiger partial charge in [-0.3, -0.25) is 9.10 Å². The topological polar surface area (TPSA) is 83.8 Å². The first-order valence-electron chi connectivity index (χ1n) is 12.4. The molecule has 9 heteroatoms. The van der Waals surface area contributed by atoms with Gasteiger partial charge in [0.05, 0.1) is 30.4 Å². The number of carbonyl (C=O) groups excluding carboxylic acids is 1. The molecule has 0 bridgehead atoms. The van der Waals surface area contributed by atoms with Crippen LogP contribution in [-0.2, 0) is 16.6 Å². The number of sulfonamides is 1. The molecule has 3 aromatic carbocycles. The summed E-state index contributed by atoms with van der Waals surface area (Å²) in [5.41, 5.74) is 9.13. The van der Waals surface area contributed by atoms with E-state index in [-0.39, 0.29) is 12.4 Å². The number of hydrazone groups is 1. The van der Waals surface area contributed by atoms with Gasteiger partial charge in [-0.05, 0) is 86.8 Å². The van der Waals surface area contributed by atoms with E-state index in [1.54, 1.807) is 53.1 Å². The summed E-state index contributed by atoms with van der Waals surface area (Å²) in [6.45, 7) is 7.79. The molecule has 1 aromatic heterocycles. The van der Waals surface area contributed by atoms with Crippen LogP contribution in [0.3, 0.4) is 0 Å². The second-order valence-electron chi connectivity index (χ2n) is 9.55. The fourth-order valence-corrected chi connectivity index (χ4v) is 5.24. The number of aryl methyl sites for hydroxylation is 3. The number of nitrogens with zero attached hydrogens (tertiary/aromatic N) is 3. The van der Waals surface area contributed by atoms with Crippen molar-refractivity contribution in [2.75, 3.05) is 10.6 Å². The summed E-state index contributed by atoms with van der Waals surface area (Å²) in [5, 5.41) is 4.09. The van der Waals surface area contributed by atoms with Crippen LogP contribution >= 0.6 is 0 Å². The van der Waals surface area contributed by atoms with Crippen molar-refractivity contribution in [2.24, 2.45) is 5.10 Å². The summed E-state index contributed by atoms with van der Waals surface area (Å²) in [5.74, 6) is -0.733. The largest absolute Gasteiger partial charge is 0.315 e. The Hall–Kier alpha value is -4.24. The molecule has 0 radical (unpaired) electrons. The van der Waals surface area contributed by atoms with E-state index < -0.39 is 15.9 Å². The Morgan fingerprint density at radius 3 is 2.31 bits per heavy atom. The third kappa shape index (κ3) is 6.26. The van der Waals surface area contributed by atoms with Gasteiger partial charge in [0.1, 0.15) is 5.82 Å². The first kappa shape index (κ1) is 27.8. The minimum absolute atomic E-state index is 0.138. The van der Waals surface area contributed by atoms with Gasteiger partial charge in [-0.2, -0.15) is 5.10 Å². The number of anilines is 1. The first-order chi connectivity index (χ1) is 18.5. The zero-order valence-corrected chi connectivity index (χ0v) is 23.4. The number of halogens is 1. The molecular formula is C30H31FN4O3S. The number of aromatic nitrogens is 1. The second-order valence-corrected chi connectivity index (χ2v) is 11.5. The standard InChI is InChI=1S/C30H31FN4O3S/c1-20-10-15-27(16-21(20)2)34(39(5,37)38)19-24-11-13-25(14-12-24)30(36)33-32-18-26-17-22(3)35(23(26)4)29-9-7-6-8-28(29)31/h6-18H,19H2,1-5H3,(H,33,36)/b32-18-. The van der Waals surface area contributed by atoms with Crippen LogP contribution in [0.25, 0.3) is 5.69 Å². The second kappa shape index (κ2) is 11.2. The zero-order chi connectivity index (χ0) is 28.3. The number of hydrogen-bond acceptors (Lipinski definition) is 4. The number of nitrogens with one attached hydrogen (secondary N) is 1. The Morgan fingerprint density at radius 1 is 0.974 bits per heavy atom. The molecule has 1 amide bonds. The average molecular weight is 547 g/mol. The molecule has 0 atom stereocenters. The van der Waals surface area contributed by atoms with Crippen molar-refractivity contribution in [3.63, 3.8) is 0 Å². The molecule has 0 saturated heterocycles. The highest BCUT2D eigenvalue weighted by Crippen LogP contribution is 2.24. The van der Waals surface area contributed by atoms with Crippen molar-refractivity contribution >= 4 is 27.8 Å². The lowest BCUT2D eigenvalue weighted by atomic mass is 10.1. The Balaban J connectivity index is 1.45. The molecule has 0 aliphatic heterocycles. The van der Waals surface area contributed by atoms with E-state index in [9.17, 15) is 17.6 Å². The molecule has 0 unspecified atom stereocenters. The maximum atomic E-state index is 14.3. The normalized spacial score (nSPS) is 11.6. The third-order valence-corrected chi connectivity index (χ3v) is 7.80. The van der Waals surface area contributed by atoms with E-state index in [1.807, 2.05) is 45.9 Å². The van der Waals surface area contributed by atoms with Gasteiger partial charge in [0.15, 0.2) is 0 Å². The van der Waals surface area contributed by atoms with E-state index in [4.69, 9.17) is 0 Å². The third-order valence-electron chi connectivity index (χ3n) is 6.65. The predicted octanol–water partition coefficient (Wildman–Crippen LogP) is 5.58. The number of carbonyl (C=O) groups is 1. The monoisotopic (exact) mass is 546 g/mol. The summed E-state index contributed by atoms with van der Waals surface area (Å²) in [7, 11) is -3.52. The van der Waals surface area contributed by atoms with Crippen molar-refractivity contribution in [2.45, 2.75) is 34.2 Å². The summed E-state index contributed by atoms with van der Waals surface area (Å²) in [6, 6.07) is 20.7. The molecule has 39 heavy (non-hydrogen) atoms. The fraction of sp³-hybridized carbons (Fsp3) is 0.200. The molecular weight excluding hydrogens is 515 g/mol. The lowest BCUT2D eigenvalue weighted by Gasteiger charge is -2.23. The maximum absolute atomic E-state index is 14.3.